The Bertz CT molecular complexity index is 1340. The minimum atomic E-state index is 0.901. The maximum absolute atomic E-state index is 5.43. The van der Waals surface area contributed by atoms with Gasteiger partial charge in [-0.05, 0) is 86.3 Å². The first-order valence-corrected chi connectivity index (χ1v) is 24.0. The predicted octanol–water partition coefficient (Wildman–Crippen LogP) is 17.6. The Morgan fingerprint density at radius 1 is 0.418 bits per heavy atom. The molecule has 0 radical (unpaired) electrons. The van der Waals surface area contributed by atoms with Crippen LogP contribution >= 0.6 is 0 Å². The number of rotatable bonds is 34. The number of unbranched alkanes of at least 4 members (excludes halogenated alkanes) is 23. The van der Waals surface area contributed by atoms with Crippen LogP contribution < -0.4 is 0 Å². The molecular formula is C53H86N2. The highest BCUT2D eigenvalue weighted by Gasteiger charge is 2.13. The van der Waals surface area contributed by atoms with E-state index in [1.165, 1.54) is 176 Å². The van der Waals surface area contributed by atoms with Crippen molar-refractivity contribution >= 4 is 22.8 Å². The quantitative estimate of drug-likeness (QED) is 0.0387. The van der Waals surface area contributed by atoms with Crippen molar-refractivity contribution in [3.8, 4) is 11.8 Å². The largest absolute Gasteiger partial charge is 0.252 e. The summed E-state index contributed by atoms with van der Waals surface area (Å²) in [5.41, 5.74) is 8.71. The molecule has 0 aliphatic heterocycles. The third-order valence-electron chi connectivity index (χ3n) is 11.4. The predicted molar refractivity (Wildman–Crippen MR) is 248 cm³/mol. The van der Waals surface area contributed by atoms with Crippen molar-refractivity contribution < 1.29 is 0 Å². The first kappa shape index (κ1) is 48.5. The molecule has 0 aliphatic rings. The van der Waals surface area contributed by atoms with Crippen LogP contribution in [0.3, 0.4) is 0 Å². The van der Waals surface area contributed by atoms with Crippen LogP contribution in [0.15, 0.2) is 52.4 Å². The molecule has 2 heteroatoms. The monoisotopic (exact) mass is 751 g/mol. The van der Waals surface area contributed by atoms with Crippen molar-refractivity contribution in [2.45, 2.75) is 240 Å². The van der Waals surface area contributed by atoms with Crippen LogP contribution in [0, 0.1) is 11.8 Å². The van der Waals surface area contributed by atoms with Crippen LogP contribution in [0.2, 0.25) is 0 Å². The molecule has 2 aromatic rings. The summed E-state index contributed by atoms with van der Waals surface area (Å²) in [7, 11) is 0. The second-order valence-electron chi connectivity index (χ2n) is 16.3. The number of hydrogen-bond acceptors (Lipinski definition) is 2. The SMILES string of the molecule is CCCCCCCCCCCCCCCCCCCCCC#CCCc1ccccc1N=C(CCCCCC)C(CCCC)=Nc1ccc(CC)c(CC)c1. The maximum atomic E-state index is 5.43. The van der Waals surface area contributed by atoms with Gasteiger partial charge in [0.25, 0.3) is 0 Å². The van der Waals surface area contributed by atoms with E-state index in [0.717, 1.165) is 69.2 Å². The molecule has 0 spiro atoms. The number of aryl methyl sites for hydroxylation is 3. The van der Waals surface area contributed by atoms with E-state index in [0.29, 0.717) is 0 Å². The fourth-order valence-electron chi connectivity index (χ4n) is 7.75. The van der Waals surface area contributed by atoms with Gasteiger partial charge in [0, 0.05) is 12.8 Å². The molecule has 0 atom stereocenters. The van der Waals surface area contributed by atoms with Gasteiger partial charge in [-0.3, -0.25) is 9.98 Å². The smallest absolute Gasteiger partial charge is 0.0666 e. The minimum Gasteiger partial charge on any atom is -0.252 e. The average molecular weight is 751 g/mol. The molecule has 2 rings (SSSR count). The number of para-hydroxylation sites is 1. The Labute approximate surface area is 342 Å². The lowest BCUT2D eigenvalue weighted by atomic mass is 10.00. The van der Waals surface area contributed by atoms with Crippen LogP contribution in [0.25, 0.3) is 0 Å². The molecule has 0 saturated heterocycles. The molecule has 0 aliphatic carbocycles. The van der Waals surface area contributed by atoms with E-state index >= 15 is 0 Å². The second-order valence-corrected chi connectivity index (χ2v) is 16.3. The number of aliphatic imine (C=N–C) groups is 2. The molecule has 0 fully saturated rings. The van der Waals surface area contributed by atoms with Crippen LogP contribution in [0.5, 0.6) is 0 Å². The Hall–Kier alpha value is -2.66. The molecule has 308 valence electrons. The van der Waals surface area contributed by atoms with Crippen LogP contribution in [0.1, 0.15) is 238 Å². The summed E-state index contributed by atoms with van der Waals surface area (Å²) in [5, 5.41) is 0. The summed E-state index contributed by atoms with van der Waals surface area (Å²) < 4.78 is 0. The molecule has 0 amide bonds. The third-order valence-corrected chi connectivity index (χ3v) is 11.4. The summed E-state index contributed by atoms with van der Waals surface area (Å²) in [6, 6.07) is 15.6. The number of benzene rings is 2. The lowest BCUT2D eigenvalue weighted by Crippen LogP contribution is -2.14. The van der Waals surface area contributed by atoms with Gasteiger partial charge in [0.2, 0.25) is 0 Å². The van der Waals surface area contributed by atoms with Crippen LogP contribution in [-0.4, -0.2) is 11.4 Å². The molecular weight excluding hydrogens is 665 g/mol. The molecule has 0 saturated carbocycles. The van der Waals surface area contributed by atoms with Crippen LogP contribution in [-0.2, 0) is 19.3 Å². The summed E-state index contributed by atoms with van der Waals surface area (Å²) in [6.07, 6.45) is 41.3. The number of nitrogens with zero attached hydrogens (tertiary/aromatic N) is 2. The minimum absolute atomic E-state index is 0.901. The second kappa shape index (κ2) is 34.6. The molecule has 0 aromatic heterocycles. The molecule has 0 unspecified atom stereocenters. The van der Waals surface area contributed by atoms with E-state index in [4.69, 9.17) is 9.98 Å². The van der Waals surface area contributed by atoms with Gasteiger partial charge in [0.15, 0.2) is 0 Å². The highest BCUT2D eigenvalue weighted by molar-refractivity contribution is 6.43. The Morgan fingerprint density at radius 3 is 1.45 bits per heavy atom. The average Bonchev–Trinajstić information content (AvgIpc) is 3.21. The fraction of sp³-hybridized carbons (Fsp3) is 0.698. The van der Waals surface area contributed by atoms with E-state index < -0.39 is 0 Å². The zero-order valence-electron chi connectivity index (χ0n) is 37.1. The maximum Gasteiger partial charge on any atom is 0.0666 e. The standard InChI is InChI=1S/C53H86N2/c1-6-11-14-16-17-18-19-20-21-22-23-24-25-26-27-28-29-30-31-32-33-34-35-39-49-40-37-38-42-51(49)55-53(43-36-15-12-7-2)52(41-13-8-3)54-50-45-44-47(9-4)48(10-5)46-50/h37-38,40,42,44-46H,6-32,35-36,39,41,43H2,1-5H3. The van der Waals surface area contributed by atoms with Crippen molar-refractivity contribution in [1.82, 2.24) is 0 Å². The Kier molecular flexibility index (Phi) is 30.5. The van der Waals surface area contributed by atoms with Gasteiger partial charge in [-0.25, -0.2) is 0 Å². The molecule has 0 heterocycles. The van der Waals surface area contributed by atoms with E-state index in [1.807, 2.05) is 0 Å². The van der Waals surface area contributed by atoms with Gasteiger partial charge in [0.05, 0.1) is 22.8 Å². The zero-order chi connectivity index (χ0) is 39.4. The summed E-state index contributed by atoms with van der Waals surface area (Å²) in [5.74, 6) is 7.00. The topological polar surface area (TPSA) is 24.7 Å². The molecule has 0 bridgehead atoms. The summed E-state index contributed by atoms with van der Waals surface area (Å²) >= 11 is 0. The van der Waals surface area contributed by atoms with E-state index in [2.05, 4.69) is 88.9 Å². The van der Waals surface area contributed by atoms with E-state index in [1.54, 1.807) is 0 Å². The molecule has 55 heavy (non-hydrogen) atoms. The third kappa shape index (κ3) is 23.9. The van der Waals surface area contributed by atoms with Gasteiger partial charge in [0.1, 0.15) is 0 Å². The van der Waals surface area contributed by atoms with Crippen molar-refractivity contribution in [3.63, 3.8) is 0 Å². The van der Waals surface area contributed by atoms with Crippen LogP contribution in [0.4, 0.5) is 11.4 Å². The fourth-order valence-corrected chi connectivity index (χ4v) is 7.75. The first-order valence-electron chi connectivity index (χ1n) is 24.0. The normalized spacial score (nSPS) is 11.9. The van der Waals surface area contributed by atoms with E-state index in [-0.39, 0.29) is 0 Å². The highest BCUT2D eigenvalue weighted by atomic mass is 14.8. The van der Waals surface area contributed by atoms with Gasteiger partial charge in [-0.1, -0.05) is 200 Å². The highest BCUT2D eigenvalue weighted by Crippen LogP contribution is 2.25. The molecule has 2 aromatic carbocycles. The van der Waals surface area contributed by atoms with Crippen molar-refractivity contribution in [1.29, 1.82) is 0 Å². The Morgan fingerprint density at radius 2 is 0.891 bits per heavy atom. The van der Waals surface area contributed by atoms with E-state index in [9.17, 15) is 0 Å². The Balaban J connectivity index is 1.78. The lowest BCUT2D eigenvalue weighted by Gasteiger charge is -2.14. The van der Waals surface area contributed by atoms with Gasteiger partial charge in [-0.2, -0.15) is 0 Å². The van der Waals surface area contributed by atoms with Gasteiger partial charge < -0.3 is 0 Å². The summed E-state index contributed by atoms with van der Waals surface area (Å²) in [6.45, 7) is 11.4. The van der Waals surface area contributed by atoms with Gasteiger partial charge in [-0.15, -0.1) is 11.8 Å². The van der Waals surface area contributed by atoms with Gasteiger partial charge >= 0.3 is 0 Å². The van der Waals surface area contributed by atoms with Crippen molar-refractivity contribution in [2.75, 3.05) is 0 Å². The molecule has 0 N–H and O–H groups in total. The van der Waals surface area contributed by atoms with Crippen molar-refractivity contribution in [2.24, 2.45) is 9.98 Å². The molecule has 2 nitrogen and oxygen atoms in total. The number of hydrogen-bond donors (Lipinski definition) is 0. The zero-order valence-corrected chi connectivity index (χ0v) is 37.1. The lowest BCUT2D eigenvalue weighted by molar-refractivity contribution is 0.524. The van der Waals surface area contributed by atoms with Crippen molar-refractivity contribution in [3.05, 3.63) is 59.2 Å². The first-order chi connectivity index (χ1) is 27.2. The summed E-state index contributed by atoms with van der Waals surface area (Å²) in [4.78, 5) is 10.8.